The van der Waals surface area contributed by atoms with Gasteiger partial charge in [0.25, 0.3) is 0 Å². The molecule has 4 heteroatoms. The van der Waals surface area contributed by atoms with Gasteiger partial charge in [0.1, 0.15) is 6.67 Å². The number of carboxylic acid groups (broad SMARTS) is 1. The number of anilines is 2. The summed E-state index contributed by atoms with van der Waals surface area (Å²) in [5.41, 5.74) is 1.72. The summed E-state index contributed by atoms with van der Waals surface area (Å²) in [6.07, 6.45) is -0.906. The van der Waals surface area contributed by atoms with Crippen molar-refractivity contribution >= 4 is 17.5 Å². The van der Waals surface area contributed by atoms with Gasteiger partial charge in [-0.25, -0.2) is 4.79 Å². The van der Waals surface area contributed by atoms with E-state index >= 15 is 0 Å². The molecule has 1 aliphatic rings. The smallest absolute Gasteiger partial charge is 0.413 e. The van der Waals surface area contributed by atoms with E-state index < -0.39 is 6.09 Å². The number of carbonyl (C=O) groups is 1. The Morgan fingerprint density at radius 3 is 2.62 bits per heavy atom. The van der Waals surface area contributed by atoms with Crippen molar-refractivity contribution in [3.63, 3.8) is 0 Å². The van der Waals surface area contributed by atoms with E-state index in [0.717, 1.165) is 11.4 Å². The van der Waals surface area contributed by atoms with Crippen LogP contribution in [0.3, 0.4) is 0 Å². The van der Waals surface area contributed by atoms with Gasteiger partial charge < -0.3 is 10.0 Å². The number of amides is 1. The molecular weight excluding hydrogens is 168 g/mol. The summed E-state index contributed by atoms with van der Waals surface area (Å²) in [5, 5.41) is 8.88. The first-order chi connectivity index (χ1) is 6.20. The van der Waals surface area contributed by atoms with E-state index in [1.54, 1.807) is 0 Å². The molecule has 0 unspecified atom stereocenters. The fraction of sp³-hybridized carbons (Fsp3) is 0.222. The Hall–Kier alpha value is -1.71. The molecule has 1 aromatic carbocycles. The van der Waals surface area contributed by atoms with Crippen molar-refractivity contribution < 1.29 is 9.90 Å². The van der Waals surface area contributed by atoms with Crippen molar-refractivity contribution in [3.05, 3.63) is 24.3 Å². The summed E-state index contributed by atoms with van der Waals surface area (Å²) < 4.78 is 0. The third kappa shape index (κ3) is 1.11. The van der Waals surface area contributed by atoms with Gasteiger partial charge in [0, 0.05) is 7.05 Å². The lowest BCUT2D eigenvalue weighted by Crippen LogP contribution is -2.32. The minimum Gasteiger partial charge on any atom is -0.465 e. The van der Waals surface area contributed by atoms with Crippen molar-refractivity contribution in [2.75, 3.05) is 23.5 Å². The fourth-order valence-corrected chi connectivity index (χ4v) is 1.54. The first-order valence-electron chi connectivity index (χ1n) is 4.01. The molecule has 0 radical (unpaired) electrons. The third-order valence-corrected chi connectivity index (χ3v) is 2.17. The molecule has 68 valence electrons. The maximum atomic E-state index is 10.8. The van der Waals surface area contributed by atoms with Crippen molar-refractivity contribution in [3.8, 4) is 0 Å². The minimum absolute atomic E-state index is 0.411. The summed E-state index contributed by atoms with van der Waals surface area (Å²) in [7, 11) is 1.88. The van der Waals surface area contributed by atoms with Crippen LogP contribution in [0.4, 0.5) is 16.2 Å². The van der Waals surface area contributed by atoms with Gasteiger partial charge in [-0.1, -0.05) is 12.1 Å². The van der Waals surface area contributed by atoms with Crippen LogP contribution in [0.15, 0.2) is 24.3 Å². The highest BCUT2D eigenvalue weighted by Gasteiger charge is 2.26. The van der Waals surface area contributed by atoms with Crippen LogP contribution in [-0.2, 0) is 0 Å². The Morgan fingerprint density at radius 1 is 1.38 bits per heavy atom. The molecule has 1 amide bonds. The van der Waals surface area contributed by atoms with Gasteiger partial charge in [0.05, 0.1) is 11.4 Å². The molecule has 4 nitrogen and oxygen atoms in total. The van der Waals surface area contributed by atoms with E-state index in [9.17, 15) is 4.79 Å². The third-order valence-electron chi connectivity index (χ3n) is 2.17. The molecule has 2 rings (SSSR count). The molecule has 1 aromatic rings. The van der Waals surface area contributed by atoms with E-state index in [0.29, 0.717) is 6.67 Å². The predicted octanol–water partition coefficient (Wildman–Crippen LogP) is 1.58. The summed E-state index contributed by atoms with van der Waals surface area (Å²) in [6, 6.07) is 7.47. The largest absolute Gasteiger partial charge is 0.465 e. The number of rotatable bonds is 0. The van der Waals surface area contributed by atoms with Crippen molar-refractivity contribution in [2.24, 2.45) is 0 Å². The van der Waals surface area contributed by atoms with Crippen LogP contribution in [0.25, 0.3) is 0 Å². The molecular formula is C9H10N2O2. The molecule has 0 spiro atoms. The first kappa shape index (κ1) is 7.91. The molecule has 0 aromatic heterocycles. The van der Waals surface area contributed by atoms with E-state index in [-0.39, 0.29) is 0 Å². The molecule has 1 N–H and O–H groups in total. The van der Waals surface area contributed by atoms with Gasteiger partial charge >= 0.3 is 6.09 Å². The van der Waals surface area contributed by atoms with Crippen LogP contribution < -0.4 is 9.80 Å². The standard InChI is InChI=1S/C9H10N2O2/c1-10-6-11(9(12)13)8-5-3-2-4-7(8)10/h2-5H,6H2,1H3,(H,12,13). The molecule has 0 fully saturated rings. The quantitative estimate of drug-likeness (QED) is 0.655. The summed E-state index contributed by atoms with van der Waals surface area (Å²) in [6.45, 7) is 0.411. The zero-order chi connectivity index (χ0) is 9.42. The van der Waals surface area contributed by atoms with Crippen molar-refractivity contribution in [2.45, 2.75) is 0 Å². The lowest BCUT2D eigenvalue weighted by Gasteiger charge is -2.12. The van der Waals surface area contributed by atoms with Crippen LogP contribution in [-0.4, -0.2) is 24.9 Å². The maximum Gasteiger partial charge on any atom is 0.413 e. The zero-order valence-electron chi connectivity index (χ0n) is 7.27. The average molecular weight is 178 g/mol. The average Bonchev–Trinajstić information content (AvgIpc) is 2.45. The fourth-order valence-electron chi connectivity index (χ4n) is 1.54. The Bertz CT molecular complexity index is 351. The van der Waals surface area contributed by atoms with E-state index in [2.05, 4.69) is 0 Å². The number of benzene rings is 1. The van der Waals surface area contributed by atoms with Crippen molar-refractivity contribution in [1.29, 1.82) is 0 Å². The Balaban J connectivity index is 2.47. The van der Waals surface area contributed by atoms with Crippen LogP contribution in [0, 0.1) is 0 Å². The normalized spacial score (nSPS) is 14.5. The molecule has 0 aliphatic carbocycles. The predicted molar refractivity (Wildman–Crippen MR) is 50.2 cm³/mol. The van der Waals surface area contributed by atoms with E-state index in [1.807, 2.05) is 36.2 Å². The lowest BCUT2D eigenvalue weighted by atomic mass is 10.2. The monoisotopic (exact) mass is 178 g/mol. The Kier molecular flexibility index (Phi) is 1.62. The Morgan fingerprint density at radius 2 is 2.00 bits per heavy atom. The van der Waals surface area contributed by atoms with Crippen LogP contribution >= 0.6 is 0 Å². The highest BCUT2D eigenvalue weighted by molar-refractivity contribution is 5.94. The summed E-state index contributed by atoms with van der Waals surface area (Å²) >= 11 is 0. The Labute approximate surface area is 76.0 Å². The number of para-hydroxylation sites is 2. The molecule has 1 aliphatic heterocycles. The maximum absolute atomic E-state index is 10.8. The highest BCUT2D eigenvalue weighted by Crippen LogP contribution is 2.34. The van der Waals surface area contributed by atoms with E-state index in [1.165, 1.54) is 4.90 Å². The molecule has 0 atom stereocenters. The SMILES string of the molecule is CN1CN(C(=O)O)c2ccccc21. The van der Waals surface area contributed by atoms with Gasteiger partial charge in [-0.2, -0.15) is 0 Å². The lowest BCUT2D eigenvalue weighted by molar-refractivity contribution is 0.202. The van der Waals surface area contributed by atoms with Crippen LogP contribution in [0.2, 0.25) is 0 Å². The number of nitrogens with zero attached hydrogens (tertiary/aromatic N) is 2. The van der Waals surface area contributed by atoms with Gasteiger partial charge in [0.2, 0.25) is 0 Å². The first-order valence-corrected chi connectivity index (χ1v) is 4.01. The van der Waals surface area contributed by atoms with Gasteiger partial charge in [0.15, 0.2) is 0 Å². The molecule has 0 saturated carbocycles. The van der Waals surface area contributed by atoms with Gasteiger partial charge in [-0.05, 0) is 12.1 Å². The number of fused-ring (bicyclic) bond motifs is 1. The molecule has 1 heterocycles. The van der Waals surface area contributed by atoms with Crippen LogP contribution in [0.5, 0.6) is 0 Å². The summed E-state index contributed by atoms with van der Waals surface area (Å²) in [4.78, 5) is 14.0. The van der Waals surface area contributed by atoms with E-state index in [4.69, 9.17) is 5.11 Å². The number of hydrogen-bond acceptors (Lipinski definition) is 2. The second-order valence-electron chi connectivity index (χ2n) is 3.04. The number of hydrogen-bond donors (Lipinski definition) is 1. The molecule has 13 heavy (non-hydrogen) atoms. The second-order valence-corrected chi connectivity index (χ2v) is 3.04. The molecule has 0 bridgehead atoms. The van der Waals surface area contributed by atoms with Crippen molar-refractivity contribution in [1.82, 2.24) is 0 Å². The molecule has 0 saturated heterocycles. The van der Waals surface area contributed by atoms with Crippen LogP contribution in [0.1, 0.15) is 0 Å². The van der Waals surface area contributed by atoms with Gasteiger partial charge in [-0.3, -0.25) is 4.90 Å². The second kappa shape index (κ2) is 2.65. The minimum atomic E-state index is -0.906. The summed E-state index contributed by atoms with van der Waals surface area (Å²) in [5.74, 6) is 0. The van der Waals surface area contributed by atoms with Gasteiger partial charge in [-0.15, -0.1) is 0 Å². The highest BCUT2D eigenvalue weighted by atomic mass is 16.4. The zero-order valence-corrected chi connectivity index (χ0v) is 7.27. The topological polar surface area (TPSA) is 43.8 Å².